The van der Waals surface area contributed by atoms with Crippen LogP contribution in [0.5, 0.6) is 5.75 Å². The third-order valence-corrected chi connectivity index (χ3v) is 3.14. The fourth-order valence-electron chi connectivity index (χ4n) is 2.25. The van der Waals surface area contributed by atoms with Crippen LogP contribution in [0, 0.1) is 0 Å². The van der Waals surface area contributed by atoms with Gasteiger partial charge in [0.25, 0.3) is 0 Å². The van der Waals surface area contributed by atoms with Crippen LogP contribution in [-0.2, 0) is 17.8 Å². The van der Waals surface area contributed by atoms with Crippen LogP contribution in [0.2, 0.25) is 0 Å². The molecule has 0 bridgehead atoms. The second kappa shape index (κ2) is 4.62. The molecule has 0 saturated carbocycles. The van der Waals surface area contributed by atoms with Crippen molar-refractivity contribution in [2.24, 2.45) is 0 Å². The van der Waals surface area contributed by atoms with E-state index in [1.54, 1.807) is 6.07 Å². The first-order chi connectivity index (χ1) is 9.15. The first-order valence-electron chi connectivity index (χ1n) is 5.88. The fraction of sp³-hybridized carbons (Fsp3) is 0.308. The number of benzene rings is 1. The minimum atomic E-state index is -2.85. The number of rotatable bonds is 2. The molecule has 4 nitrogen and oxygen atoms in total. The number of halogens is 2. The predicted octanol–water partition coefficient (Wildman–Crippen LogP) is 2.49. The highest BCUT2D eigenvalue weighted by Crippen LogP contribution is 2.31. The summed E-state index contributed by atoms with van der Waals surface area (Å²) in [4.78, 5) is 4.49. The van der Waals surface area contributed by atoms with Crippen LogP contribution >= 0.6 is 0 Å². The Bertz CT molecular complexity index is 632. The molecule has 6 heteroatoms. The van der Waals surface area contributed by atoms with E-state index >= 15 is 0 Å². The van der Waals surface area contributed by atoms with Gasteiger partial charge in [-0.1, -0.05) is 0 Å². The maximum Gasteiger partial charge on any atom is 0.387 e. The molecule has 0 fully saturated rings. The molecular weight excluding hydrogens is 254 g/mol. The van der Waals surface area contributed by atoms with Crippen molar-refractivity contribution in [1.29, 1.82) is 0 Å². The minimum absolute atomic E-state index is 0.0766. The molecule has 2 N–H and O–H groups in total. The number of pyridine rings is 1. The number of fused-ring (bicyclic) bond motifs is 2. The number of anilines is 1. The van der Waals surface area contributed by atoms with Gasteiger partial charge in [-0.2, -0.15) is 8.78 Å². The molecule has 19 heavy (non-hydrogen) atoms. The van der Waals surface area contributed by atoms with Crippen LogP contribution < -0.4 is 10.5 Å². The molecule has 1 aromatic heterocycles. The van der Waals surface area contributed by atoms with E-state index < -0.39 is 6.61 Å². The summed E-state index contributed by atoms with van der Waals surface area (Å²) < 4.78 is 34.1. The Morgan fingerprint density at radius 3 is 3.00 bits per heavy atom. The molecule has 0 atom stereocenters. The molecule has 1 aromatic carbocycles. The smallest absolute Gasteiger partial charge is 0.387 e. The first-order valence-corrected chi connectivity index (χ1v) is 5.88. The molecule has 1 aliphatic heterocycles. The summed E-state index contributed by atoms with van der Waals surface area (Å²) in [7, 11) is 0. The lowest BCUT2D eigenvalue weighted by Gasteiger charge is -2.19. The second-order valence-corrected chi connectivity index (χ2v) is 4.31. The van der Waals surface area contributed by atoms with E-state index in [4.69, 9.17) is 10.5 Å². The van der Waals surface area contributed by atoms with E-state index in [0.29, 0.717) is 36.2 Å². The van der Waals surface area contributed by atoms with Gasteiger partial charge in [-0.25, -0.2) is 0 Å². The largest absolute Gasteiger partial charge is 0.435 e. The number of nitrogen functional groups attached to an aromatic ring is 1. The molecule has 100 valence electrons. The van der Waals surface area contributed by atoms with Gasteiger partial charge in [-0.05, 0) is 18.2 Å². The number of ether oxygens (including phenoxy) is 2. The van der Waals surface area contributed by atoms with Crippen LogP contribution in [0.4, 0.5) is 14.5 Å². The van der Waals surface area contributed by atoms with Crippen LogP contribution in [0.15, 0.2) is 18.2 Å². The average molecular weight is 266 g/mol. The predicted molar refractivity (Wildman–Crippen MR) is 66.1 cm³/mol. The van der Waals surface area contributed by atoms with E-state index in [1.807, 2.05) is 0 Å². The number of alkyl halides is 2. The van der Waals surface area contributed by atoms with Crippen molar-refractivity contribution < 1.29 is 18.3 Å². The molecular formula is C13H12F2N2O2. The van der Waals surface area contributed by atoms with E-state index in [9.17, 15) is 8.78 Å². The quantitative estimate of drug-likeness (QED) is 0.907. The number of nitrogens with zero attached hydrogens (tertiary/aromatic N) is 1. The Balaban J connectivity index is 2.14. The van der Waals surface area contributed by atoms with Gasteiger partial charge >= 0.3 is 6.61 Å². The normalized spacial score (nSPS) is 14.7. The summed E-state index contributed by atoms with van der Waals surface area (Å²) in [5, 5.41) is 0.613. The number of nitrogens with two attached hydrogens (primary N) is 1. The SMILES string of the molecule is Nc1c2c(nc3ccc(OC(F)F)cc13)CCOC2. The molecule has 2 aromatic rings. The first kappa shape index (κ1) is 12.1. The zero-order valence-electron chi connectivity index (χ0n) is 10.0. The van der Waals surface area contributed by atoms with E-state index in [-0.39, 0.29) is 5.75 Å². The van der Waals surface area contributed by atoms with Gasteiger partial charge in [0.05, 0.1) is 24.4 Å². The highest BCUT2D eigenvalue weighted by molar-refractivity contribution is 5.93. The van der Waals surface area contributed by atoms with Gasteiger partial charge < -0.3 is 15.2 Å². The lowest BCUT2D eigenvalue weighted by molar-refractivity contribution is -0.0497. The Morgan fingerprint density at radius 2 is 2.21 bits per heavy atom. The van der Waals surface area contributed by atoms with Crippen molar-refractivity contribution in [3.8, 4) is 5.75 Å². The second-order valence-electron chi connectivity index (χ2n) is 4.31. The van der Waals surface area contributed by atoms with Crippen molar-refractivity contribution >= 4 is 16.6 Å². The summed E-state index contributed by atoms with van der Waals surface area (Å²) in [6.07, 6.45) is 0.713. The third kappa shape index (κ3) is 2.19. The van der Waals surface area contributed by atoms with Crippen molar-refractivity contribution in [1.82, 2.24) is 4.98 Å². The summed E-state index contributed by atoms with van der Waals surface area (Å²) in [5.74, 6) is 0.0766. The van der Waals surface area contributed by atoms with Crippen LogP contribution in [0.3, 0.4) is 0 Å². The maximum absolute atomic E-state index is 12.2. The Hall–Kier alpha value is -1.95. The van der Waals surface area contributed by atoms with Gasteiger partial charge in [0.1, 0.15) is 5.75 Å². The fourth-order valence-corrected chi connectivity index (χ4v) is 2.25. The molecule has 0 radical (unpaired) electrons. The number of hydrogen-bond donors (Lipinski definition) is 1. The summed E-state index contributed by atoms with van der Waals surface area (Å²) in [6.45, 7) is -1.82. The molecule has 0 spiro atoms. The van der Waals surface area contributed by atoms with Crippen molar-refractivity contribution in [3.63, 3.8) is 0 Å². The van der Waals surface area contributed by atoms with Crippen molar-refractivity contribution in [3.05, 3.63) is 29.5 Å². The van der Waals surface area contributed by atoms with Gasteiger partial charge in [-0.15, -0.1) is 0 Å². The van der Waals surface area contributed by atoms with Gasteiger partial charge in [0, 0.05) is 23.1 Å². The molecule has 0 aliphatic carbocycles. The minimum Gasteiger partial charge on any atom is -0.435 e. The molecule has 1 aliphatic rings. The highest BCUT2D eigenvalue weighted by atomic mass is 19.3. The summed E-state index contributed by atoms with van der Waals surface area (Å²) in [5.41, 5.74) is 9.04. The zero-order chi connectivity index (χ0) is 13.4. The van der Waals surface area contributed by atoms with Crippen LogP contribution in [0.1, 0.15) is 11.3 Å². The van der Waals surface area contributed by atoms with Crippen molar-refractivity contribution in [2.45, 2.75) is 19.6 Å². The Kier molecular flexibility index (Phi) is 2.94. The van der Waals surface area contributed by atoms with Gasteiger partial charge in [0.15, 0.2) is 0 Å². The lowest BCUT2D eigenvalue weighted by Crippen LogP contribution is -2.14. The Morgan fingerprint density at radius 1 is 1.37 bits per heavy atom. The van der Waals surface area contributed by atoms with Gasteiger partial charge in [-0.3, -0.25) is 4.98 Å². The van der Waals surface area contributed by atoms with Crippen LogP contribution in [0.25, 0.3) is 10.9 Å². The lowest BCUT2D eigenvalue weighted by atomic mass is 10.0. The zero-order valence-corrected chi connectivity index (χ0v) is 10.0. The summed E-state index contributed by atoms with van der Waals surface area (Å²) >= 11 is 0. The molecule has 2 heterocycles. The standard InChI is InChI=1S/C13H12F2N2O2/c14-13(15)19-7-1-2-10-8(5-7)12(16)9-6-18-4-3-11(9)17-10/h1-2,5,13H,3-4,6H2,(H2,16,17). The van der Waals surface area contributed by atoms with E-state index in [1.165, 1.54) is 12.1 Å². The van der Waals surface area contributed by atoms with Gasteiger partial charge in [0.2, 0.25) is 0 Å². The molecule has 3 rings (SSSR count). The summed E-state index contributed by atoms with van der Waals surface area (Å²) in [6, 6.07) is 4.59. The monoisotopic (exact) mass is 266 g/mol. The number of aromatic nitrogens is 1. The molecule has 0 unspecified atom stereocenters. The molecule has 0 amide bonds. The molecule has 0 saturated heterocycles. The number of hydrogen-bond acceptors (Lipinski definition) is 4. The third-order valence-electron chi connectivity index (χ3n) is 3.14. The maximum atomic E-state index is 12.2. The van der Waals surface area contributed by atoms with Crippen molar-refractivity contribution in [2.75, 3.05) is 12.3 Å². The highest BCUT2D eigenvalue weighted by Gasteiger charge is 2.17. The van der Waals surface area contributed by atoms with E-state index in [2.05, 4.69) is 9.72 Å². The van der Waals surface area contributed by atoms with E-state index in [0.717, 1.165) is 11.3 Å². The average Bonchev–Trinajstić information content (AvgIpc) is 2.39. The Labute approximate surface area is 108 Å². The van der Waals surface area contributed by atoms with Crippen LogP contribution in [-0.4, -0.2) is 18.2 Å². The topological polar surface area (TPSA) is 57.4 Å².